The highest BCUT2D eigenvalue weighted by Gasteiger charge is 2.23. The number of hydrogen-bond acceptors (Lipinski definition) is 3. The molecule has 1 aromatic rings. The van der Waals surface area contributed by atoms with Crippen molar-refractivity contribution in [2.24, 2.45) is 11.7 Å². The lowest BCUT2D eigenvalue weighted by Gasteiger charge is -2.35. The highest BCUT2D eigenvalue weighted by atomic mass is 16.4. The fourth-order valence-electron chi connectivity index (χ4n) is 2.96. The summed E-state index contributed by atoms with van der Waals surface area (Å²) in [4.78, 5) is 24.5. The van der Waals surface area contributed by atoms with E-state index in [0.717, 1.165) is 37.2 Å². The summed E-state index contributed by atoms with van der Waals surface area (Å²) in [6.45, 7) is 3.66. The maximum absolute atomic E-state index is 11.6. The summed E-state index contributed by atoms with van der Waals surface area (Å²) < 4.78 is 0. The lowest BCUT2D eigenvalue weighted by atomic mass is 9.92. The van der Waals surface area contributed by atoms with E-state index in [2.05, 4.69) is 4.90 Å². The summed E-state index contributed by atoms with van der Waals surface area (Å²) in [6, 6.07) is 5.64. The SMILES string of the molecule is Cc1ccc(C(N)=O)c(N2CCCC(CCC(=O)O)C2)c1. The molecular formula is C16H22N2O3. The van der Waals surface area contributed by atoms with Gasteiger partial charge in [0, 0.05) is 25.2 Å². The fraction of sp³-hybridized carbons (Fsp3) is 0.500. The monoisotopic (exact) mass is 290 g/mol. The van der Waals surface area contributed by atoms with Crippen LogP contribution in [0.4, 0.5) is 5.69 Å². The zero-order chi connectivity index (χ0) is 15.4. The van der Waals surface area contributed by atoms with Crippen molar-refractivity contribution in [1.29, 1.82) is 0 Å². The normalized spacial score (nSPS) is 18.5. The number of nitrogens with zero attached hydrogens (tertiary/aromatic N) is 1. The third-order valence-corrected chi connectivity index (χ3v) is 4.04. The minimum Gasteiger partial charge on any atom is -0.481 e. The molecule has 0 spiro atoms. The molecule has 0 radical (unpaired) electrons. The Morgan fingerprint density at radius 3 is 2.86 bits per heavy atom. The van der Waals surface area contributed by atoms with Crippen LogP contribution >= 0.6 is 0 Å². The Labute approximate surface area is 124 Å². The van der Waals surface area contributed by atoms with Crippen LogP contribution in [-0.4, -0.2) is 30.1 Å². The number of amides is 1. The first-order valence-corrected chi connectivity index (χ1v) is 7.34. The van der Waals surface area contributed by atoms with Crippen LogP contribution in [0, 0.1) is 12.8 Å². The van der Waals surface area contributed by atoms with E-state index in [1.165, 1.54) is 0 Å². The molecule has 0 aromatic heterocycles. The Kier molecular flexibility index (Phi) is 4.83. The van der Waals surface area contributed by atoms with Crippen LogP contribution in [0.1, 0.15) is 41.6 Å². The molecule has 1 atom stereocenters. The van der Waals surface area contributed by atoms with Gasteiger partial charge in [0.15, 0.2) is 0 Å². The summed E-state index contributed by atoms with van der Waals surface area (Å²) >= 11 is 0. The van der Waals surface area contributed by atoms with Crippen molar-refractivity contribution in [1.82, 2.24) is 0 Å². The number of aliphatic carboxylic acids is 1. The number of rotatable bonds is 5. The van der Waals surface area contributed by atoms with Gasteiger partial charge in [0.1, 0.15) is 0 Å². The number of carboxylic acids is 1. The number of piperidine rings is 1. The number of anilines is 1. The van der Waals surface area contributed by atoms with Crippen LogP contribution < -0.4 is 10.6 Å². The number of benzene rings is 1. The number of aryl methyl sites for hydroxylation is 1. The van der Waals surface area contributed by atoms with Gasteiger partial charge in [-0.25, -0.2) is 0 Å². The first kappa shape index (κ1) is 15.4. The molecule has 1 unspecified atom stereocenters. The highest BCUT2D eigenvalue weighted by Crippen LogP contribution is 2.29. The van der Waals surface area contributed by atoms with Crippen molar-refractivity contribution in [3.8, 4) is 0 Å². The van der Waals surface area contributed by atoms with Gasteiger partial charge in [-0.15, -0.1) is 0 Å². The van der Waals surface area contributed by atoms with Crippen molar-refractivity contribution in [2.45, 2.75) is 32.6 Å². The molecular weight excluding hydrogens is 268 g/mol. The molecule has 1 aliphatic rings. The van der Waals surface area contributed by atoms with Crippen LogP contribution in [0.25, 0.3) is 0 Å². The second kappa shape index (κ2) is 6.61. The van der Waals surface area contributed by atoms with Gasteiger partial charge < -0.3 is 15.7 Å². The summed E-state index contributed by atoms with van der Waals surface area (Å²) in [5.74, 6) is -0.811. The molecule has 0 bridgehead atoms. The molecule has 1 aromatic carbocycles. The van der Waals surface area contributed by atoms with Crippen molar-refractivity contribution in [2.75, 3.05) is 18.0 Å². The molecule has 2 rings (SSSR count). The highest BCUT2D eigenvalue weighted by molar-refractivity contribution is 5.98. The number of nitrogens with two attached hydrogens (primary N) is 1. The van der Waals surface area contributed by atoms with Gasteiger partial charge in [0.05, 0.1) is 5.56 Å². The minimum absolute atomic E-state index is 0.203. The first-order valence-electron chi connectivity index (χ1n) is 7.34. The van der Waals surface area contributed by atoms with Gasteiger partial charge in [-0.1, -0.05) is 6.07 Å². The number of carbonyl (C=O) groups is 2. The minimum atomic E-state index is -0.750. The van der Waals surface area contributed by atoms with E-state index in [4.69, 9.17) is 10.8 Å². The molecule has 1 heterocycles. The second-order valence-corrected chi connectivity index (χ2v) is 5.77. The molecule has 0 aliphatic carbocycles. The Hall–Kier alpha value is -2.04. The fourth-order valence-corrected chi connectivity index (χ4v) is 2.96. The molecule has 1 fully saturated rings. The Morgan fingerprint density at radius 1 is 1.43 bits per heavy atom. The standard InChI is InChI=1S/C16H22N2O3/c1-11-4-6-13(16(17)21)14(9-11)18-8-2-3-12(10-18)5-7-15(19)20/h4,6,9,12H,2-3,5,7-8,10H2,1H3,(H2,17,21)(H,19,20). The summed E-state index contributed by atoms with van der Waals surface area (Å²) in [5.41, 5.74) is 7.97. The molecule has 21 heavy (non-hydrogen) atoms. The van der Waals surface area contributed by atoms with Crippen LogP contribution in [0.5, 0.6) is 0 Å². The summed E-state index contributed by atoms with van der Waals surface area (Å²) in [5, 5.41) is 8.81. The Balaban J connectivity index is 2.15. The molecule has 1 aliphatic heterocycles. The number of carbonyl (C=O) groups excluding carboxylic acids is 1. The largest absolute Gasteiger partial charge is 0.481 e. The molecule has 1 amide bonds. The topological polar surface area (TPSA) is 83.6 Å². The van der Waals surface area contributed by atoms with E-state index in [1.54, 1.807) is 6.07 Å². The summed E-state index contributed by atoms with van der Waals surface area (Å²) in [6.07, 6.45) is 2.94. The van der Waals surface area contributed by atoms with Gasteiger partial charge in [0.25, 0.3) is 5.91 Å². The van der Waals surface area contributed by atoms with Crippen LogP contribution in [-0.2, 0) is 4.79 Å². The maximum atomic E-state index is 11.6. The van der Waals surface area contributed by atoms with Crippen LogP contribution in [0.15, 0.2) is 18.2 Å². The predicted molar refractivity (Wildman–Crippen MR) is 81.5 cm³/mol. The zero-order valence-electron chi connectivity index (χ0n) is 12.3. The van der Waals surface area contributed by atoms with E-state index in [-0.39, 0.29) is 6.42 Å². The first-order chi connectivity index (χ1) is 9.97. The molecule has 1 saturated heterocycles. The van der Waals surface area contributed by atoms with Gasteiger partial charge in [-0.3, -0.25) is 9.59 Å². The molecule has 114 valence electrons. The third-order valence-electron chi connectivity index (χ3n) is 4.04. The van der Waals surface area contributed by atoms with Gasteiger partial charge in [-0.05, 0) is 49.8 Å². The van der Waals surface area contributed by atoms with Crippen molar-refractivity contribution in [3.05, 3.63) is 29.3 Å². The average Bonchev–Trinajstić information content (AvgIpc) is 2.45. The maximum Gasteiger partial charge on any atom is 0.303 e. The second-order valence-electron chi connectivity index (χ2n) is 5.77. The van der Waals surface area contributed by atoms with Crippen molar-refractivity contribution < 1.29 is 14.7 Å². The lowest BCUT2D eigenvalue weighted by Crippen LogP contribution is -2.37. The molecule has 3 N–H and O–H groups in total. The van der Waals surface area contributed by atoms with Crippen molar-refractivity contribution in [3.63, 3.8) is 0 Å². The molecule has 5 nitrogen and oxygen atoms in total. The Bertz CT molecular complexity index is 542. The van der Waals surface area contributed by atoms with E-state index in [1.807, 2.05) is 19.1 Å². The van der Waals surface area contributed by atoms with Gasteiger partial charge in [-0.2, -0.15) is 0 Å². The average molecular weight is 290 g/mol. The molecule has 0 saturated carbocycles. The Morgan fingerprint density at radius 2 is 2.19 bits per heavy atom. The van der Waals surface area contributed by atoms with Crippen molar-refractivity contribution >= 4 is 17.6 Å². The van der Waals surface area contributed by atoms with E-state index in [9.17, 15) is 9.59 Å². The third kappa shape index (κ3) is 3.97. The number of hydrogen-bond donors (Lipinski definition) is 2. The zero-order valence-corrected chi connectivity index (χ0v) is 12.3. The summed E-state index contributed by atoms with van der Waals surface area (Å²) in [7, 11) is 0. The number of carboxylic acid groups (broad SMARTS) is 1. The van der Waals surface area contributed by atoms with Crippen LogP contribution in [0.2, 0.25) is 0 Å². The smallest absolute Gasteiger partial charge is 0.303 e. The van der Waals surface area contributed by atoms with Crippen LogP contribution in [0.3, 0.4) is 0 Å². The van der Waals surface area contributed by atoms with E-state index in [0.29, 0.717) is 17.9 Å². The van der Waals surface area contributed by atoms with Gasteiger partial charge in [0.2, 0.25) is 0 Å². The predicted octanol–water partition coefficient (Wildman–Crippen LogP) is 2.18. The lowest BCUT2D eigenvalue weighted by molar-refractivity contribution is -0.137. The number of primary amides is 1. The quantitative estimate of drug-likeness (QED) is 0.870. The van der Waals surface area contributed by atoms with E-state index < -0.39 is 11.9 Å². The van der Waals surface area contributed by atoms with Gasteiger partial charge >= 0.3 is 5.97 Å². The molecule has 5 heteroatoms. The van der Waals surface area contributed by atoms with E-state index >= 15 is 0 Å².